The predicted octanol–water partition coefficient (Wildman–Crippen LogP) is 4.84. The number of rotatable bonds is 12. The zero-order chi connectivity index (χ0) is 16.3. The fraction of sp³-hybridized carbons (Fsp3) is 0.684. The topological polar surface area (TPSA) is 27.7 Å². The summed E-state index contributed by atoms with van der Waals surface area (Å²) in [5.74, 6) is 0. The van der Waals surface area contributed by atoms with Crippen molar-refractivity contribution in [2.24, 2.45) is 0 Å². The molecule has 0 unspecified atom stereocenters. The van der Waals surface area contributed by atoms with Crippen LogP contribution >= 0.6 is 0 Å². The van der Waals surface area contributed by atoms with Gasteiger partial charge in [0.25, 0.3) is 0 Å². The molecule has 0 saturated heterocycles. The standard InChI is InChI=1S/C10H22O2.C9H12O/c1-3-5-7-11-9-10-12-8-6-4-2;1-2-10-8-9-6-4-3-5-7-9/h3-10H2,1-2H3;3-7H,2,8H2,1H3. The molecule has 0 aliphatic carbocycles. The molecule has 0 amide bonds. The maximum atomic E-state index is 5.33. The number of benzene rings is 1. The van der Waals surface area contributed by atoms with E-state index < -0.39 is 0 Å². The molecule has 0 atom stereocenters. The molecule has 0 bridgehead atoms. The first-order chi connectivity index (χ1) is 10.8. The van der Waals surface area contributed by atoms with Crippen LogP contribution in [0, 0.1) is 0 Å². The van der Waals surface area contributed by atoms with Gasteiger partial charge in [0.2, 0.25) is 0 Å². The van der Waals surface area contributed by atoms with Crippen LogP contribution in [0.5, 0.6) is 0 Å². The first kappa shape index (κ1) is 21.1. The maximum absolute atomic E-state index is 5.33. The fourth-order valence-corrected chi connectivity index (χ4v) is 1.61. The molecule has 0 aromatic heterocycles. The summed E-state index contributed by atoms with van der Waals surface area (Å²) in [5.41, 5.74) is 1.24. The second-order valence-corrected chi connectivity index (χ2v) is 5.05. The summed E-state index contributed by atoms with van der Waals surface area (Å²) in [6.07, 6.45) is 4.73. The van der Waals surface area contributed by atoms with Gasteiger partial charge in [-0.1, -0.05) is 57.0 Å². The van der Waals surface area contributed by atoms with Gasteiger partial charge < -0.3 is 14.2 Å². The second-order valence-electron chi connectivity index (χ2n) is 5.05. The Balaban J connectivity index is 0.000000406. The Morgan fingerprint density at radius 2 is 1.23 bits per heavy atom. The van der Waals surface area contributed by atoms with Crippen LogP contribution < -0.4 is 0 Å². The second kappa shape index (κ2) is 18.1. The lowest BCUT2D eigenvalue weighted by molar-refractivity contribution is 0.0457. The van der Waals surface area contributed by atoms with E-state index in [9.17, 15) is 0 Å². The highest BCUT2D eigenvalue weighted by Crippen LogP contribution is 1.99. The van der Waals surface area contributed by atoms with Gasteiger partial charge in [0, 0.05) is 19.8 Å². The first-order valence-corrected chi connectivity index (χ1v) is 8.62. The highest BCUT2D eigenvalue weighted by Gasteiger charge is 1.89. The van der Waals surface area contributed by atoms with Gasteiger partial charge in [-0.05, 0) is 25.3 Å². The summed E-state index contributed by atoms with van der Waals surface area (Å²) < 4.78 is 15.9. The van der Waals surface area contributed by atoms with Crippen molar-refractivity contribution in [1.29, 1.82) is 0 Å². The molecule has 0 aliphatic rings. The van der Waals surface area contributed by atoms with Crippen molar-refractivity contribution in [3.8, 4) is 0 Å². The third kappa shape index (κ3) is 15.5. The van der Waals surface area contributed by atoms with E-state index in [4.69, 9.17) is 14.2 Å². The van der Waals surface area contributed by atoms with Gasteiger partial charge in [0.05, 0.1) is 19.8 Å². The monoisotopic (exact) mass is 310 g/mol. The summed E-state index contributed by atoms with van der Waals surface area (Å²) in [6, 6.07) is 10.2. The minimum absolute atomic E-state index is 0.733. The van der Waals surface area contributed by atoms with Gasteiger partial charge in [0.15, 0.2) is 0 Å². The highest BCUT2D eigenvalue weighted by molar-refractivity contribution is 5.13. The molecule has 0 saturated carbocycles. The van der Waals surface area contributed by atoms with E-state index >= 15 is 0 Å². The van der Waals surface area contributed by atoms with Crippen LogP contribution in [0.25, 0.3) is 0 Å². The van der Waals surface area contributed by atoms with Gasteiger partial charge in [-0.25, -0.2) is 0 Å². The van der Waals surface area contributed by atoms with E-state index in [-0.39, 0.29) is 0 Å². The van der Waals surface area contributed by atoms with Crippen LogP contribution in [0.2, 0.25) is 0 Å². The molecule has 1 aromatic rings. The molecular weight excluding hydrogens is 276 g/mol. The zero-order valence-electron chi connectivity index (χ0n) is 14.7. The van der Waals surface area contributed by atoms with Crippen LogP contribution in [-0.2, 0) is 20.8 Å². The Morgan fingerprint density at radius 3 is 1.68 bits per heavy atom. The quantitative estimate of drug-likeness (QED) is 0.517. The molecule has 0 fully saturated rings. The van der Waals surface area contributed by atoms with E-state index in [1.165, 1.54) is 18.4 Å². The molecule has 1 rings (SSSR count). The molecule has 3 nitrogen and oxygen atoms in total. The summed E-state index contributed by atoms with van der Waals surface area (Å²) in [6.45, 7) is 11.1. The maximum Gasteiger partial charge on any atom is 0.0716 e. The SMILES string of the molecule is CCCCOCCOCCCC.CCOCc1ccccc1. The van der Waals surface area contributed by atoms with Crippen LogP contribution in [0.3, 0.4) is 0 Å². The molecule has 0 heterocycles. The Bertz CT molecular complexity index is 291. The normalized spacial score (nSPS) is 10.1. The van der Waals surface area contributed by atoms with E-state index in [1.807, 2.05) is 25.1 Å². The van der Waals surface area contributed by atoms with Gasteiger partial charge in [0.1, 0.15) is 0 Å². The van der Waals surface area contributed by atoms with Gasteiger partial charge >= 0.3 is 0 Å². The molecule has 0 N–H and O–H groups in total. The Kier molecular flexibility index (Phi) is 17.4. The predicted molar refractivity (Wildman–Crippen MR) is 93.2 cm³/mol. The fourth-order valence-electron chi connectivity index (χ4n) is 1.61. The summed E-state index contributed by atoms with van der Waals surface area (Å²) in [7, 11) is 0. The molecule has 0 aliphatic heterocycles. The molecule has 0 spiro atoms. The lowest BCUT2D eigenvalue weighted by atomic mass is 10.2. The average molecular weight is 310 g/mol. The number of unbranched alkanes of at least 4 members (excludes halogenated alkanes) is 2. The summed E-state index contributed by atoms with van der Waals surface area (Å²) in [4.78, 5) is 0. The van der Waals surface area contributed by atoms with Crippen LogP contribution in [0.15, 0.2) is 30.3 Å². The van der Waals surface area contributed by atoms with Crippen molar-refractivity contribution in [1.82, 2.24) is 0 Å². The van der Waals surface area contributed by atoms with E-state index in [0.717, 1.165) is 52.5 Å². The lowest BCUT2D eigenvalue weighted by Crippen LogP contribution is -2.05. The third-order valence-corrected chi connectivity index (χ3v) is 2.97. The zero-order valence-corrected chi connectivity index (χ0v) is 14.7. The smallest absolute Gasteiger partial charge is 0.0716 e. The van der Waals surface area contributed by atoms with Crippen molar-refractivity contribution in [2.75, 3.05) is 33.0 Å². The summed E-state index contributed by atoms with van der Waals surface area (Å²) >= 11 is 0. The van der Waals surface area contributed by atoms with Crippen LogP contribution in [-0.4, -0.2) is 33.0 Å². The van der Waals surface area contributed by atoms with E-state index in [1.54, 1.807) is 0 Å². The Hall–Kier alpha value is -0.900. The molecular formula is C19H34O3. The van der Waals surface area contributed by atoms with Crippen molar-refractivity contribution in [3.63, 3.8) is 0 Å². The number of hydrogen-bond donors (Lipinski definition) is 0. The van der Waals surface area contributed by atoms with E-state index in [2.05, 4.69) is 26.0 Å². The van der Waals surface area contributed by atoms with Crippen LogP contribution in [0.4, 0.5) is 0 Å². The first-order valence-electron chi connectivity index (χ1n) is 8.62. The molecule has 1 aromatic carbocycles. The van der Waals surface area contributed by atoms with Crippen molar-refractivity contribution >= 4 is 0 Å². The van der Waals surface area contributed by atoms with Gasteiger partial charge in [-0.3, -0.25) is 0 Å². The Labute approximate surface area is 137 Å². The Morgan fingerprint density at radius 1 is 0.682 bits per heavy atom. The lowest BCUT2D eigenvalue weighted by Gasteiger charge is -2.03. The number of hydrogen-bond acceptors (Lipinski definition) is 3. The minimum Gasteiger partial charge on any atom is -0.379 e. The highest BCUT2D eigenvalue weighted by atomic mass is 16.5. The molecule has 128 valence electrons. The van der Waals surface area contributed by atoms with Crippen molar-refractivity contribution in [2.45, 2.75) is 53.1 Å². The van der Waals surface area contributed by atoms with Gasteiger partial charge in [-0.15, -0.1) is 0 Å². The molecule has 0 radical (unpaired) electrons. The van der Waals surface area contributed by atoms with Crippen molar-refractivity contribution in [3.05, 3.63) is 35.9 Å². The van der Waals surface area contributed by atoms with Crippen LogP contribution in [0.1, 0.15) is 52.0 Å². The summed E-state index contributed by atoms with van der Waals surface area (Å²) in [5, 5.41) is 0. The van der Waals surface area contributed by atoms with Crippen molar-refractivity contribution < 1.29 is 14.2 Å². The minimum atomic E-state index is 0.733. The molecule has 22 heavy (non-hydrogen) atoms. The largest absolute Gasteiger partial charge is 0.379 e. The van der Waals surface area contributed by atoms with Gasteiger partial charge in [-0.2, -0.15) is 0 Å². The number of ether oxygens (including phenoxy) is 3. The van der Waals surface area contributed by atoms with E-state index in [0.29, 0.717) is 0 Å². The third-order valence-electron chi connectivity index (χ3n) is 2.97. The average Bonchev–Trinajstić information content (AvgIpc) is 2.57. The molecule has 3 heteroatoms.